The minimum Gasteiger partial charge on any atom is -0.356 e. The van der Waals surface area contributed by atoms with Crippen molar-refractivity contribution in [2.24, 2.45) is 0 Å². The second-order valence-electron chi connectivity index (χ2n) is 6.75. The zero-order chi connectivity index (χ0) is 15.8. The lowest BCUT2D eigenvalue weighted by atomic mass is 10.1. The highest BCUT2D eigenvalue weighted by Crippen LogP contribution is 2.29. The topological polar surface area (TPSA) is 50.5 Å². The molecule has 1 atom stereocenters. The summed E-state index contributed by atoms with van der Waals surface area (Å²) in [6, 6.07) is 0.396. The number of likely N-dealkylation sites (tertiary alicyclic amines) is 1. The Kier molecular flexibility index (Phi) is 5.13. The number of aromatic nitrogens is 2. The van der Waals surface area contributed by atoms with Gasteiger partial charge in [0, 0.05) is 13.1 Å². The molecule has 6 heteroatoms. The molecule has 0 radical (unpaired) electrons. The Hall–Kier alpha value is -0.430. The molecule has 1 fully saturated rings. The number of ether oxygens (including phenoxy) is 1. The van der Waals surface area contributed by atoms with E-state index in [0.717, 1.165) is 36.1 Å². The fourth-order valence-electron chi connectivity index (χ4n) is 2.74. The van der Waals surface area contributed by atoms with Gasteiger partial charge in [-0.25, -0.2) is 0 Å². The third-order valence-corrected chi connectivity index (χ3v) is 5.00. The Morgan fingerprint density at radius 2 is 1.86 bits per heavy atom. The number of aliphatic hydroxyl groups is 1. The maximum Gasteiger partial charge on any atom is 0.216 e. The van der Waals surface area contributed by atoms with E-state index < -0.39 is 6.41 Å². The van der Waals surface area contributed by atoms with E-state index in [1.165, 1.54) is 5.69 Å². The number of hydrogen-bond acceptors (Lipinski definition) is 4. The molecule has 0 spiro atoms. The van der Waals surface area contributed by atoms with Crippen LogP contribution in [0.5, 0.6) is 0 Å². The van der Waals surface area contributed by atoms with Crippen molar-refractivity contribution in [3.05, 3.63) is 15.9 Å². The van der Waals surface area contributed by atoms with Crippen LogP contribution in [0.2, 0.25) is 0 Å². The van der Waals surface area contributed by atoms with Gasteiger partial charge in [-0.3, -0.25) is 9.58 Å². The fourth-order valence-corrected chi connectivity index (χ4v) is 3.00. The van der Waals surface area contributed by atoms with Crippen LogP contribution in [0.25, 0.3) is 0 Å². The summed E-state index contributed by atoms with van der Waals surface area (Å²) in [4.78, 5) is 1.99. The molecule has 0 amide bonds. The van der Waals surface area contributed by atoms with E-state index in [2.05, 4.69) is 32.6 Å². The number of aliphatic hydroxyl groups excluding tert-OH is 1. The molecule has 0 saturated carbocycles. The average molecular weight is 360 g/mol. The van der Waals surface area contributed by atoms with Gasteiger partial charge in [-0.15, -0.1) is 0 Å². The molecule has 0 bridgehead atoms. The zero-order valence-corrected chi connectivity index (χ0v) is 15.1. The summed E-state index contributed by atoms with van der Waals surface area (Å²) in [6.45, 7) is 11.6. The van der Waals surface area contributed by atoms with E-state index in [1.54, 1.807) is 0 Å². The van der Waals surface area contributed by atoms with Gasteiger partial charge in [0.1, 0.15) is 0 Å². The Morgan fingerprint density at radius 3 is 2.29 bits per heavy atom. The van der Waals surface area contributed by atoms with Crippen LogP contribution in [-0.2, 0) is 4.74 Å². The van der Waals surface area contributed by atoms with Gasteiger partial charge in [-0.2, -0.15) is 5.10 Å². The molecular weight excluding hydrogens is 334 g/mol. The first-order valence-electron chi connectivity index (χ1n) is 7.50. The van der Waals surface area contributed by atoms with Crippen molar-refractivity contribution in [1.82, 2.24) is 14.7 Å². The van der Waals surface area contributed by atoms with Crippen LogP contribution in [-0.4, -0.2) is 44.9 Å². The molecular formula is C15H26BrN3O2. The molecule has 0 aromatic carbocycles. The Morgan fingerprint density at radius 1 is 1.29 bits per heavy atom. The summed E-state index contributed by atoms with van der Waals surface area (Å²) in [6.07, 6.45) is 1.12. The smallest absolute Gasteiger partial charge is 0.216 e. The van der Waals surface area contributed by atoms with E-state index in [0.29, 0.717) is 6.04 Å². The molecule has 2 rings (SSSR count). The Labute approximate surface area is 135 Å². The molecule has 5 nitrogen and oxygen atoms in total. The summed E-state index contributed by atoms with van der Waals surface area (Å²) in [5.74, 6) is 0. The standard InChI is InChI=1S/C15H26BrN3O2/c1-10-13(16)11(2)19(17-10)12-6-8-18(9-7-12)14(20)21-15(3,4)5/h12,14,20H,6-9H2,1-5H3. The van der Waals surface area contributed by atoms with Gasteiger partial charge >= 0.3 is 0 Å². The Bertz CT molecular complexity index is 488. The third-order valence-electron chi connectivity index (χ3n) is 3.85. The summed E-state index contributed by atoms with van der Waals surface area (Å²) in [5, 5.41) is 14.8. The molecule has 1 unspecified atom stereocenters. The summed E-state index contributed by atoms with van der Waals surface area (Å²) < 4.78 is 8.83. The van der Waals surface area contributed by atoms with Crippen molar-refractivity contribution in [2.45, 2.75) is 65.5 Å². The fraction of sp³-hybridized carbons (Fsp3) is 0.800. The summed E-state index contributed by atoms with van der Waals surface area (Å²) in [5.41, 5.74) is 1.88. The predicted octanol–water partition coefficient (Wildman–Crippen LogP) is 2.99. The normalized spacial score (nSPS) is 20.0. The molecule has 1 N–H and O–H groups in total. The lowest BCUT2D eigenvalue weighted by Crippen LogP contribution is -2.46. The lowest BCUT2D eigenvalue weighted by Gasteiger charge is -2.37. The minimum atomic E-state index is -0.821. The first-order valence-corrected chi connectivity index (χ1v) is 8.29. The number of piperidine rings is 1. The molecule has 0 aliphatic carbocycles. The van der Waals surface area contributed by atoms with Gasteiger partial charge in [0.05, 0.1) is 27.5 Å². The van der Waals surface area contributed by atoms with Gasteiger partial charge in [0.2, 0.25) is 6.41 Å². The van der Waals surface area contributed by atoms with Crippen molar-refractivity contribution in [3.8, 4) is 0 Å². The third kappa shape index (κ3) is 4.06. The van der Waals surface area contributed by atoms with E-state index in [1.807, 2.05) is 32.6 Å². The van der Waals surface area contributed by atoms with E-state index in [-0.39, 0.29) is 5.60 Å². The van der Waals surface area contributed by atoms with Crippen molar-refractivity contribution in [1.29, 1.82) is 0 Å². The molecule has 21 heavy (non-hydrogen) atoms. The van der Waals surface area contributed by atoms with Gasteiger partial charge < -0.3 is 9.84 Å². The molecule has 1 saturated heterocycles. The zero-order valence-electron chi connectivity index (χ0n) is 13.6. The number of halogens is 1. The van der Waals surface area contributed by atoms with Crippen LogP contribution in [0.4, 0.5) is 0 Å². The average Bonchev–Trinajstić information content (AvgIpc) is 2.65. The monoisotopic (exact) mass is 359 g/mol. The van der Waals surface area contributed by atoms with Crippen molar-refractivity contribution in [2.75, 3.05) is 13.1 Å². The predicted molar refractivity (Wildman–Crippen MR) is 86.1 cm³/mol. The molecule has 2 heterocycles. The van der Waals surface area contributed by atoms with Crippen LogP contribution in [0.15, 0.2) is 4.47 Å². The molecule has 1 aromatic rings. The van der Waals surface area contributed by atoms with Crippen molar-refractivity contribution < 1.29 is 9.84 Å². The van der Waals surface area contributed by atoms with Crippen molar-refractivity contribution >= 4 is 15.9 Å². The minimum absolute atomic E-state index is 0.336. The highest BCUT2D eigenvalue weighted by molar-refractivity contribution is 9.10. The number of rotatable bonds is 3. The van der Waals surface area contributed by atoms with E-state index in [4.69, 9.17) is 4.74 Å². The van der Waals surface area contributed by atoms with Crippen molar-refractivity contribution in [3.63, 3.8) is 0 Å². The quantitative estimate of drug-likeness (QED) is 0.842. The summed E-state index contributed by atoms with van der Waals surface area (Å²) >= 11 is 3.58. The highest BCUT2D eigenvalue weighted by Gasteiger charge is 2.29. The second kappa shape index (κ2) is 6.36. The summed E-state index contributed by atoms with van der Waals surface area (Å²) in [7, 11) is 0. The first kappa shape index (κ1) is 16.9. The second-order valence-corrected chi connectivity index (χ2v) is 7.55. The van der Waals surface area contributed by atoms with Gasteiger partial charge in [0.15, 0.2) is 0 Å². The molecule has 120 valence electrons. The number of nitrogens with zero attached hydrogens (tertiary/aromatic N) is 3. The SMILES string of the molecule is Cc1nn(C2CCN(C(O)OC(C)(C)C)CC2)c(C)c1Br. The lowest BCUT2D eigenvalue weighted by molar-refractivity contribution is -0.243. The largest absolute Gasteiger partial charge is 0.356 e. The number of aryl methyl sites for hydroxylation is 1. The maximum atomic E-state index is 10.1. The van der Waals surface area contributed by atoms with Crippen LogP contribution in [0, 0.1) is 13.8 Å². The van der Waals surface area contributed by atoms with Crippen LogP contribution >= 0.6 is 15.9 Å². The van der Waals surface area contributed by atoms with Gasteiger partial charge in [-0.1, -0.05) is 0 Å². The van der Waals surface area contributed by atoms with Gasteiger partial charge in [-0.05, 0) is 63.4 Å². The Balaban J connectivity index is 1.95. The molecule has 1 aliphatic rings. The maximum absolute atomic E-state index is 10.1. The first-order chi connectivity index (χ1) is 9.69. The number of hydrogen-bond donors (Lipinski definition) is 1. The van der Waals surface area contributed by atoms with E-state index in [9.17, 15) is 5.11 Å². The molecule has 1 aliphatic heterocycles. The van der Waals surface area contributed by atoms with E-state index >= 15 is 0 Å². The highest BCUT2D eigenvalue weighted by atomic mass is 79.9. The van der Waals surface area contributed by atoms with Crippen LogP contribution in [0.1, 0.15) is 51.0 Å². The molecule has 1 aromatic heterocycles. The van der Waals surface area contributed by atoms with Crippen LogP contribution in [0.3, 0.4) is 0 Å². The van der Waals surface area contributed by atoms with Crippen LogP contribution < -0.4 is 0 Å². The van der Waals surface area contributed by atoms with Gasteiger partial charge in [0.25, 0.3) is 0 Å².